The van der Waals surface area contributed by atoms with E-state index in [2.05, 4.69) is 11.4 Å². The first-order chi connectivity index (χ1) is 5.77. The van der Waals surface area contributed by atoms with Crippen LogP contribution in [0.25, 0.3) is 0 Å². The SMILES string of the molecule is Cc1cc(O)c2c(c1)CCCN2. The van der Waals surface area contributed by atoms with E-state index < -0.39 is 0 Å². The molecule has 0 radical (unpaired) electrons. The van der Waals surface area contributed by atoms with Crippen LogP contribution in [-0.2, 0) is 6.42 Å². The molecule has 1 aromatic carbocycles. The van der Waals surface area contributed by atoms with Gasteiger partial charge in [0.2, 0.25) is 0 Å². The molecule has 0 amide bonds. The summed E-state index contributed by atoms with van der Waals surface area (Å²) in [6.45, 7) is 2.98. The molecule has 1 aromatic rings. The Bertz CT molecular complexity index is 307. The van der Waals surface area contributed by atoms with Gasteiger partial charge in [-0.3, -0.25) is 0 Å². The first-order valence-corrected chi connectivity index (χ1v) is 4.34. The molecule has 0 spiro atoms. The molecular weight excluding hydrogens is 150 g/mol. The summed E-state index contributed by atoms with van der Waals surface area (Å²) < 4.78 is 0. The number of aromatic hydroxyl groups is 1. The van der Waals surface area contributed by atoms with Crippen LogP contribution >= 0.6 is 0 Å². The molecule has 0 saturated carbocycles. The minimum Gasteiger partial charge on any atom is -0.506 e. The zero-order chi connectivity index (χ0) is 8.55. The molecule has 64 valence electrons. The molecule has 0 aliphatic carbocycles. The number of hydrogen-bond acceptors (Lipinski definition) is 2. The average Bonchev–Trinajstić information content (AvgIpc) is 2.04. The number of aryl methyl sites for hydroxylation is 2. The second-order valence-electron chi connectivity index (χ2n) is 3.35. The Balaban J connectivity index is 2.53. The van der Waals surface area contributed by atoms with Gasteiger partial charge in [-0.2, -0.15) is 0 Å². The third-order valence-electron chi connectivity index (χ3n) is 2.27. The number of hydrogen-bond donors (Lipinski definition) is 2. The zero-order valence-corrected chi connectivity index (χ0v) is 7.22. The molecule has 1 aliphatic rings. The zero-order valence-electron chi connectivity index (χ0n) is 7.22. The third-order valence-corrected chi connectivity index (χ3v) is 2.27. The van der Waals surface area contributed by atoms with Gasteiger partial charge in [-0.05, 0) is 37.0 Å². The van der Waals surface area contributed by atoms with Gasteiger partial charge in [-0.25, -0.2) is 0 Å². The lowest BCUT2D eigenvalue weighted by Gasteiger charge is -2.19. The Morgan fingerprint density at radius 1 is 1.42 bits per heavy atom. The standard InChI is InChI=1S/C10H13NO/c1-7-5-8-3-2-4-11-10(8)9(12)6-7/h5-6,11-12H,2-4H2,1H3. The van der Waals surface area contributed by atoms with Crippen molar-refractivity contribution in [3.63, 3.8) is 0 Å². The maximum absolute atomic E-state index is 9.57. The molecule has 0 atom stereocenters. The third kappa shape index (κ3) is 1.13. The first kappa shape index (κ1) is 7.47. The van der Waals surface area contributed by atoms with Gasteiger partial charge in [0.05, 0.1) is 5.69 Å². The molecule has 0 unspecified atom stereocenters. The van der Waals surface area contributed by atoms with Crippen molar-refractivity contribution in [1.29, 1.82) is 0 Å². The highest BCUT2D eigenvalue weighted by molar-refractivity contribution is 5.63. The molecule has 0 fully saturated rings. The normalized spacial score (nSPS) is 15.1. The molecule has 0 aromatic heterocycles. The van der Waals surface area contributed by atoms with Crippen molar-refractivity contribution in [3.05, 3.63) is 23.3 Å². The first-order valence-electron chi connectivity index (χ1n) is 4.34. The maximum atomic E-state index is 9.57. The summed E-state index contributed by atoms with van der Waals surface area (Å²) >= 11 is 0. The number of phenols is 1. The van der Waals surface area contributed by atoms with Gasteiger partial charge in [0.15, 0.2) is 0 Å². The van der Waals surface area contributed by atoms with Crippen LogP contribution in [0.2, 0.25) is 0 Å². The van der Waals surface area contributed by atoms with Crippen molar-refractivity contribution in [3.8, 4) is 5.75 Å². The highest BCUT2D eigenvalue weighted by Crippen LogP contribution is 2.32. The smallest absolute Gasteiger partial charge is 0.139 e. The van der Waals surface area contributed by atoms with E-state index >= 15 is 0 Å². The monoisotopic (exact) mass is 163 g/mol. The van der Waals surface area contributed by atoms with Crippen LogP contribution in [0.4, 0.5) is 5.69 Å². The molecule has 12 heavy (non-hydrogen) atoms. The van der Waals surface area contributed by atoms with Crippen LogP contribution < -0.4 is 5.32 Å². The number of benzene rings is 1. The summed E-state index contributed by atoms with van der Waals surface area (Å²) in [7, 11) is 0. The average molecular weight is 163 g/mol. The van der Waals surface area contributed by atoms with E-state index in [0.717, 1.165) is 30.6 Å². The quantitative estimate of drug-likeness (QED) is 0.574. The molecule has 0 bridgehead atoms. The predicted molar refractivity (Wildman–Crippen MR) is 49.7 cm³/mol. The molecule has 2 nitrogen and oxygen atoms in total. The second-order valence-corrected chi connectivity index (χ2v) is 3.35. The van der Waals surface area contributed by atoms with Crippen molar-refractivity contribution in [2.45, 2.75) is 19.8 Å². The highest BCUT2D eigenvalue weighted by atomic mass is 16.3. The lowest BCUT2D eigenvalue weighted by atomic mass is 10.0. The highest BCUT2D eigenvalue weighted by Gasteiger charge is 2.12. The molecule has 1 aliphatic heterocycles. The van der Waals surface area contributed by atoms with Crippen LogP contribution in [0.5, 0.6) is 5.75 Å². The Labute approximate surface area is 72.2 Å². The summed E-state index contributed by atoms with van der Waals surface area (Å²) in [5, 5.41) is 12.8. The van der Waals surface area contributed by atoms with Gasteiger partial charge in [0.1, 0.15) is 5.75 Å². The lowest BCUT2D eigenvalue weighted by Crippen LogP contribution is -2.11. The molecule has 1 heterocycles. The number of fused-ring (bicyclic) bond motifs is 1. The van der Waals surface area contributed by atoms with Crippen LogP contribution in [0.15, 0.2) is 12.1 Å². The van der Waals surface area contributed by atoms with Gasteiger partial charge in [-0.15, -0.1) is 0 Å². The summed E-state index contributed by atoms with van der Waals surface area (Å²) in [6, 6.07) is 3.94. The van der Waals surface area contributed by atoms with E-state index in [9.17, 15) is 5.11 Å². The van der Waals surface area contributed by atoms with Crippen LogP contribution in [0.3, 0.4) is 0 Å². The van der Waals surface area contributed by atoms with Gasteiger partial charge < -0.3 is 10.4 Å². The summed E-state index contributed by atoms with van der Waals surface area (Å²) in [6.07, 6.45) is 2.24. The minimum absolute atomic E-state index is 0.393. The largest absolute Gasteiger partial charge is 0.506 e. The van der Waals surface area contributed by atoms with Gasteiger partial charge >= 0.3 is 0 Å². The van der Waals surface area contributed by atoms with Crippen LogP contribution in [-0.4, -0.2) is 11.7 Å². The van der Waals surface area contributed by atoms with E-state index in [4.69, 9.17) is 0 Å². The molecule has 0 saturated heterocycles. The number of rotatable bonds is 0. The van der Waals surface area contributed by atoms with Gasteiger partial charge in [-0.1, -0.05) is 6.07 Å². The number of nitrogens with one attached hydrogen (secondary N) is 1. The van der Waals surface area contributed by atoms with Gasteiger partial charge in [0.25, 0.3) is 0 Å². The maximum Gasteiger partial charge on any atom is 0.139 e. The molecule has 2 N–H and O–H groups in total. The van der Waals surface area contributed by atoms with Crippen LogP contribution in [0.1, 0.15) is 17.5 Å². The van der Waals surface area contributed by atoms with Crippen molar-refractivity contribution < 1.29 is 5.11 Å². The Hall–Kier alpha value is -1.18. The topological polar surface area (TPSA) is 32.3 Å². The van der Waals surface area contributed by atoms with E-state index in [1.54, 1.807) is 6.07 Å². The van der Waals surface area contributed by atoms with Crippen molar-refractivity contribution >= 4 is 5.69 Å². The fraction of sp³-hybridized carbons (Fsp3) is 0.400. The Morgan fingerprint density at radius 2 is 2.25 bits per heavy atom. The Kier molecular flexibility index (Phi) is 1.68. The fourth-order valence-corrected chi connectivity index (χ4v) is 1.73. The number of anilines is 1. The lowest BCUT2D eigenvalue weighted by molar-refractivity contribution is 0.475. The fourth-order valence-electron chi connectivity index (χ4n) is 1.73. The summed E-state index contributed by atoms with van der Waals surface area (Å²) in [5.41, 5.74) is 3.32. The van der Waals surface area contributed by atoms with E-state index in [0.29, 0.717) is 5.75 Å². The van der Waals surface area contributed by atoms with E-state index in [1.165, 1.54) is 5.56 Å². The van der Waals surface area contributed by atoms with Crippen molar-refractivity contribution in [2.24, 2.45) is 0 Å². The molecule has 2 heteroatoms. The Morgan fingerprint density at radius 3 is 3.08 bits per heavy atom. The van der Waals surface area contributed by atoms with E-state index in [1.807, 2.05) is 6.92 Å². The van der Waals surface area contributed by atoms with Crippen molar-refractivity contribution in [2.75, 3.05) is 11.9 Å². The van der Waals surface area contributed by atoms with Crippen molar-refractivity contribution in [1.82, 2.24) is 0 Å². The van der Waals surface area contributed by atoms with Gasteiger partial charge in [0, 0.05) is 6.54 Å². The van der Waals surface area contributed by atoms with Crippen LogP contribution in [0, 0.1) is 6.92 Å². The second kappa shape index (κ2) is 2.70. The predicted octanol–water partition coefficient (Wildman–Crippen LogP) is 2.06. The summed E-state index contributed by atoms with van der Waals surface area (Å²) in [5.74, 6) is 0.393. The molecule has 2 rings (SSSR count). The minimum atomic E-state index is 0.393. The van der Waals surface area contributed by atoms with E-state index in [-0.39, 0.29) is 0 Å². The summed E-state index contributed by atoms with van der Waals surface area (Å²) in [4.78, 5) is 0. The molecular formula is C10H13NO. The number of phenolic OH excluding ortho intramolecular Hbond substituents is 1.